The molecule has 0 aromatic heterocycles. The first kappa shape index (κ1) is 26.3. The van der Waals surface area contributed by atoms with Crippen LogP contribution in [0.15, 0.2) is 0 Å². The van der Waals surface area contributed by atoms with E-state index in [0.29, 0.717) is 4.90 Å². The van der Waals surface area contributed by atoms with Crippen LogP contribution in [0.4, 0.5) is 9.59 Å². The molecule has 0 aromatic rings. The summed E-state index contributed by atoms with van der Waals surface area (Å²) in [4.78, 5) is 47.8. The normalized spacial score (nSPS) is 14.0. The van der Waals surface area contributed by atoms with Crippen molar-refractivity contribution in [1.29, 1.82) is 0 Å². The number of rotatable bonds is 8. The van der Waals surface area contributed by atoms with E-state index in [9.17, 15) is 24.3 Å². The van der Waals surface area contributed by atoms with Crippen molar-refractivity contribution in [2.24, 2.45) is 5.73 Å². The van der Waals surface area contributed by atoms with Crippen molar-refractivity contribution in [3.63, 3.8) is 0 Å². The summed E-state index contributed by atoms with van der Waals surface area (Å²) >= 11 is 0. The van der Waals surface area contributed by atoms with Gasteiger partial charge in [-0.25, -0.2) is 14.4 Å². The Labute approximate surface area is 171 Å². The highest BCUT2D eigenvalue weighted by molar-refractivity contribution is 8.76. The fourth-order valence-electron chi connectivity index (χ4n) is 1.51. The molecule has 0 aliphatic heterocycles. The summed E-state index contributed by atoms with van der Waals surface area (Å²) in [5.74, 6) is -2.82. The molecule has 0 radical (unpaired) electrons. The zero-order chi connectivity index (χ0) is 22.3. The number of carboxylic acid groups (broad SMARTS) is 2. The Hall–Kier alpha value is -1.66. The van der Waals surface area contributed by atoms with Gasteiger partial charge in [0.25, 0.3) is 0 Å². The summed E-state index contributed by atoms with van der Waals surface area (Å²) in [6.45, 7) is 9.45. The number of aliphatic carboxylic acids is 2. The summed E-state index contributed by atoms with van der Waals surface area (Å²) in [7, 11) is 1.99. The van der Waals surface area contributed by atoms with Gasteiger partial charge in [0, 0.05) is 11.5 Å². The van der Waals surface area contributed by atoms with Crippen LogP contribution in [-0.2, 0) is 19.1 Å². The smallest absolute Gasteiger partial charge is 0.420 e. The second-order valence-corrected chi connectivity index (χ2v) is 10.3. The number of nitrogens with zero attached hydrogens (tertiary/aromatic N) is 1. The van der Waals surface area contributed by atoms with Gasteiger partial charge in [-0.1, -0.05) is 21.6 Å². The molecule has 2 atom stereocenters. The van der Waals surface area contributed by atoms with Crippen LogP contribution in [0, 0.1) is 0 Å². The first-order valence-corrected chi connectivity index (χ1v) is 10.7. The van der Waals surface area contributed by atoms with Gasteiger partial charge < -0.3 is 25.4 Å². The summed E-state index contributed by atoms with van der Waals surface area (Å²) in [6, 6.07) is -2.70. The standard InChI is InChI=1S/C16H28N2O8S2/c1-15(2,3)25-13(23)18(14(24)26-16(4,5)6)10(12(21)22)8-28-27-7-9(17)11(19)20/h9-10H,7-8,17H2,1-6H3,(H,19,20)(H,21,22). The molecule has 0 fully saturated rings. The number of hydrogen-bond donors (Lipinski definition) is 3. The number of hydrogen-bond acceptors (Lipinski definition) is 9. The van der Waals surface area contributed by atoms with E-state index in [1.54, 1.807) is 41.5 Å². The molecule has 12 heteroatoms. The fourth-order valence-corrected chi connectivity index (χ4v) is 3.82. The molecule has 0 heterocycles. The minimum absolute atomic E-state index is 0.0191. The van der Waals surface area contributed by atoms with E-state index in [4.69, 9.17) is 20.3 Å². The Bertz CT molecular complexity index is 558. The lowest BCUT2D eigenvalue weighted by Gasteiger charge is -2.31. The minimum Gasteiger partial charge on any atom is -0.480 e. The number of carbonyl (C=O) groups excluding carboxylic acids is 2. The molecule has 0 bridgehead atoms. The van der Waals surface area contributed by atoms with Crippen LogP contribution in [-0.4, -0.2) is 74.0 Å². The molecule has 2 amide bonds. The van der Waals surface area contributed by atoms with Crippen molar-refractivity contribution < 1.29 is 38.9 Å². The largest absolute Gasteiger partial charge is 0.480 e. The van der Waals surface area contributed by atoms with Gasteiger partial charge in [-0.05, 0) is 41.5 Å². The van der Waals surface area contributed by atoms with E-state index in [1.807, 2.05) is 0 Å². The molecular formula is C16H28N2O8S2. The van der Waals surface area contributed by atoms with Crippen molar-refractivity contribution in [1.82, 2.24) is 4.90 Å². The number of carboxylic acids is 2. The number of nitrogens with two attached hydrogens (primary N) is 1. The molecular weight excluding hydrogens is 412 g/mol. The molecule has 0 spiro atoms. The van der Waals surface area contributed by atoms with Gasteiger partial charge in [-0.15, -0.1) is 0 Å². The van der Waals surface area contributed by atoms with Gasteiger partial charge in [-0.3, -0.25) is 4.79 Å². The SMILES string of the molecule is CC(C)(C)OC(=O)N(C(=O)OC(C)(C)C)C(CSSCC(N)C(=O)O)C(=O)O. The van der Waals surface area contributed by atoms with E-state index in [1.165, 1.54) is 0 Å². The van der Waals surface area contributed by atoms with Gasteiger partial charge in [0.15, 0.2) is 6.04 Å². The zero-order valence-electron chi connectivity index (χ0n) is 16.8. The van der Waals surface area contributed by atoms with Gasteiger partial charge in [-0.2, -0.15) is 4.90 Å². The summed E-state index contributed by atoms with van der Waals surface area (Å²) in [6.07, 6.45) is -2.30. The van der Waals surface area contributed by atoms with Gasteiger partial charge in [0.1, 0.15) is 17.2 Å². The Morgan fingerprint density at radius 1 is 0.857 bits per heavy atom. The first-order chi connectivity index (χ1) is 12.5. The van der Waals surface area contributed by atoms with Crippen LogP contribution in [0.3, 0.4) is 0 Å². The number of amides is 2. The summed E-state index contributed by atoms with van der Waals surface area (Å²) < 4.78 is 10.3. The second-order valence-electron chi connectivity index (χ2n) is 7.70. The third kappa shape index (κ3) is 10.6. The number of carbonyl (C=O) groups is 4. The van der Waals surface area contributed by atoms with Gasteiger partial charge in [0.2, 0.25) is 0 Å². The third-order valence-corrected chi connectivity index (χ3v) is 5.08. The maximum absolute atomic E-state index is 12.5. The molecule has 0 aromatic carbocycles. The first-order valence-electron chi connectivity index (χ1n) is 8.26. The third-order valence-electron chi connectivity index (χ3n) is 2.65. The molecule has 4 N–H and O–H groups in total. The summed E-state index contributed by atoms with van der Waals surface area (Å²) in [5.41, 5.74) is 3.46. The molecule has 0 aliphatic carbocycles. The second kappa shape index (κ2) is 10.8. The van der Waals surface area contributed by atoms with Crippen LogP contribution >= 0.6 is 21.6 Å². The van der Waals surface area contributed by atoms with E-state index in [0.717, 1.165) is 21.6 Å². The van der Waals surface area contributed by atoms with Crippen molar-refractivity contribution in [2.75, 3.05) is 11.5 Å². The average molecular weight is 441 g/mol. The zero-order valence-corrected chi connectivity index (χ0v) is 18.4. The maximum atomic E-state index is 12.5. The maximum Gasteiger partial charge on any atom is 0.420 e. The molecule has 0 saturated carbocycles. The van der Waals surface area contributed by atoms with E-state index < -0.39 is 47.4 Å². The van der Waals surface area contributed by atoms with Crippen LogP contribution in [0.1, 0.15) is 41.5 Å². The van der Waals surface area contributed by atoms with Gasteiger partial charge >= 0.3 is 24.1 Å². The van der Waals surface area contributed by atoms with Crippen molar-refractivity contribution in [3.8, 4) is 0 Å². The number of ether oxygens (including phenoxy) is 2. The Morgan fingerprint density at radius 2 is 1.25 bits per heavy atom. The fraction of sp³-hybridized carbons (Fsp3) is 0.750. The summed E-state index contributed by atoms with van der Waals surface area (Å²) in [5, 5.41) is 18.3. The quantitative estimate of drug-likeness (QED) is 0.376. The van der Waals surface area contributed by atoms with Crippen LogP contribution < -0.4 is 5.73 Å². The van der Waals surface area contributed by atoms with E-state index >= 15 is 0 Å². The van der Waals surface area contributed by atoms with Crippen LogP contribution in [0.25, 0.3) is 0 Å². The highest BCUT2D eigenvalue weighted by Crippen LogP contribution is 2.26. The average Bonchev–Trinajstić information content (AvgIpc) is 2.45. The lowest BCUT2D eigenvalue weighted by atomic mass is 10.2. The molecule has 0 saturated heterocycles. The van der Waals surface area contributed by atoms with Crippen LogP contribution in [0.2, 0.25) is 0 Å². The molecule has 10 nitrogen and oxygen atoms in total. The molecule has 28 heavy (non-hydrogen) atoms. The Kier molecular flexibility index (Phi) is 10.1. The Morgan fingerprint density at radius 3 is 1.57 bits per heavy atom. The highest BCUT2D eigenvalue weighted by atomic mass is 33.1. The van der Waals surface area contributed by atoms with Gasteiger partial charge in [0.05, 0.1) is 0 Å². The lowest BCUT2D eigenvalue weighted by molar-refractivity contribution is -0.142. The van der Waals surface area contributed by atoms with Crippen molar-refractivity contribution >= 4 is 45.7 Å². The molecule has 2 unspecified atom stereocenters. The van der Waals surface area contributed by atoms with E-state index in [2.05, 4.69) is 0 Å². The lowest BCUT2D eigenvalue weighted by Crippen LogP contribution is -2.53. The highest BCUT2D eigenvalue weighted by Gasteiger charge is 2.40. The molecule has 162 valence electrons. The molecule has 0 rings (SSSR count). The topological polar surface area (TPSA) is 156 Å². The van der Waals surface area contributed by atoms with Crippen molar-refractivity contribution in [2.45, 2.75) is 64.8 Å². The predicted octanol–water partition coefficient (Wildman–Crippen LogP) is 2.41. The molecule has 0 aliphatic rings. The van der Waals surface area contributed by atoms with Crippen molar-refractivity contribution in [3.05, 3.63) is 0 Å². The van der Waals surface area contributed by atoms with Crippen LogP contribution in [0.5, 0.6) is 0 Å². The Balaban J connectivity index is 5.39. The monoisotopic (exact) mass is 440 g/mol. The van der Waals surface area contributed by atoms with E-state index in [-0.39, 0.29) is 11.5 Å². The predicted molar refractivity (Wildman–Crippen MR) is 106 cm³/mol. The number of imide groups is 1. The minimum atomic E-state index is -1.58.